The third-order valence-electron chi connectivity index (χ3n) is 2.22. The topological polar surface area (TPSA) is 63.4 Å². The van der Waals surface area contributed by atoms with E-state index in [1.54, 1.807) is 0 Å². The maximum Gasteiger partial charge on any atom is 0.229 e. The lowest BCUT2D eigenvalue weighted by Gasteiger charge is -2.17. The molecule has 1 aliphatic heterocycles. The summed E-state index contributed by atoms with van der Waals surface area (Å²) in [4.78, 5) is 24.2. The summed E-state index contributed by atoms with van der Waals surface area (Å²) in [6.07, 6.45) is 3.40. The fraction of sp³-hybridized carbons (Fsp3) is 0.778. The molecule has 0 aliphatic carbocycles. The van der Waals surface area contributed by atoms with Gasteiger partial charge in [-0.25, -0.2) is 0 Å². The Morgan fingerprint density at radius 1 is 1.15 bits per heavy atom. The van der Waals surface area contributed by atoms with Gasteiger partial charge < -0.3 is 5.73 Å². The zero-order valence-corrected chi connectivity index (χ0v) is 7.79. The molecule has 13 heavy (non-hydrogen) atoms. The quantitative estimate of drug-likeness (QED) is 0.640. The van der Waals surface area contributed by atoms with E-state index in [1.165, 1.54) is 4.90 Å². The number of carbonyl (C=O) groups is 2. The van der Waals surface area contributed by atoms with Gasteiger partial charge in [-0.2, -0.15) is 0 Å². The highest BCUT2D eigenvalue weighted by molar-refractivity contribution is 5.95. The highest BCUT2D eigenvalue weighted by Gasteiger charge is 2.22. The van der Waals surface area contributed by atoms with E-state index < -0.39 is 0 Å². The van der Waals surface area contributed by atoms with Gasteiger partial charge in [-0.1, -0.05) is 0 Å². The molecule has 1 rings (SSSR count). The minimum absolute atomic E-state index is 0.0315. The Morgan fingerprint density at radius 3 is 2.15 bits per heavy atom. The highest BCUT2D eigenvalue weighted by atomic mass is 16.2. The molecule has 0 bridgehead atoms. The zero-order chi connectivity index (χ0) is 9.68. The molecule has 4 nitrogen and oxygen atoms in total. The monoisotopic (exact) mass is 184 g/mol. The molecule has 74 valence electrons. The number of likely N-dealkylation sites (tertiary alicyclic amines) is 1. The van der Waals surface area contributed by atoms with E-state index in [0.717, 1.165) is 12.8 Å². The number of hydrogen-bond acceptors (Lipinski definition) is 3. The van der Waals surface area contributed by atoms with Gasteiger partial charge >= 0.3 is 0 Å². The number of hydrogen-bond donors (Lipinski definition) is 1. The van der Waals surface area contributed by atoms with Crippen LogP contribution in [0.2, 0.25) is 0 Å². The SMILES string of the molecule is NCCCN1C(=O)CCCCC1=O. The summed E-state index contributed by atoms with van der Waals surface area (Å²) in [5, 5.41) is 0. The van der Waals surface area contributed by atoms with Gasteiger partial charge in [0.25, 0.3) is 0 Å². The van der Waals surface area contributed by atoms with Crippen LogP contribution in [0.25, 0.3) is 0 Å². The Kier molecular flexibility index (Phi) is 3.89. The fourth-order valence-corrected chi connectivity index (χ4v) is 1.46. The first-order chi connectivity index (χ1) is 6.25. The molecule has 1 fully saturated rings. The number of rotatable bonds is 3. The lowest BCUT2D eigenvalue weighted by Crippen LogP contribution is -2.36. The van der Waals surface area contributed by atoms with Crippen LogP contribution in [0.3, 0.4) is 0 Å². The minimum atomic E-state index is -0.0315. The molecule has 1 heterocycles. The van der Waals surface area contributed by atoms with Gasteiger partial charge in [0, 0.05) is 19.4 Å². The summed E-state index contributed by atoms with van der Waals surface area (Å²) < 4.78 is 0. The van der Waals surface area contributed by atoms with E-state index >= 15 is 0 Å². The highest BCUT2D eigenvalue weighted by Crippen LogP contribution is 2.12. The average molecular weight is 184 g/mol. The Morgan fingerprint density at radius 2 is 1.69 bits per heavy atom. The summed E-state index contributed by atoms with van der Waals surface area (Å²) in [6, 6.07) is 0. The van der Waals surface area contributed by atoms with Crippen molar-refractivity contribution in [2.75, 3.05) is 13.1 Å². The van der Waals surface area contributed by atoms with Crippen molar-refractivity contribution in [3.8, 4) is 0 Å². The first-order valence-electron chi connectivity index (χ1n) is 4.79. The van der Waals surface area contributed by atoms with Gasteiger partial charge in [-0.15, -0.1) is 0 Å². The smallest absolute Gasteiger partial charge is 0.229 e. The Bertz CT molecular complexity index is 186. The molecule has 0 saturated carbocycles. The van der Waals surface area contributed by atoms with Crippen LogP contribution in [0.5, 0.6) is 0 Å². The van der Waals surface area contributed by atoms with Crippen LogP contribution < -0.4 is 5.73 Å². The third kappa shape index (κ3) is 2.81. The van der Waals surface area contributed by atoms with E-state index in [-0.39, 0.29) is 11.8 Å². The van der Waals surface area contributed by atoms with Gasteiger partial charge in [-0.05, 0) is 25.8 Å². The lowest BCUT2D eigenvalue weighted by molar-refractivity contribution is -0.143. The van der Waals surface area contributed by atoms with Crippen LogP contribution in [-0.2, 0) is 9.59 Å². The maximum absolute atomic E-state index is 11.4. The van der Waals surface area contributed by atoms with E-state index in [1.807, 2.05) is 0 Å². The Hall–Kier alpha value is -0.900. The first kappa shape index (κ1) is 10.2. The molecule has 0 spiro atoms. The molecule has 0 unspecified atom stereocenters. The second-order valence-electron chi connectivity index (χ2n) is 3.29. The van der Waals surface area contributed by atoms with Crippen LogP contribution >= 0.6 is 0 Å². The predicted molar refractivity (Wildman–Crippen MR) is 48.9 cm³/mol. The summed E-state index contributed by atoms with van der Waals surface area (Å²) >= 11 is 0. The van der Waals surface area contributed by atoms with Gasteiger partial charge in [0.2, 0.25) is 11.8 Å². The number of nitrogens with zero attached hydrogens (tertiary/aromatic N) is 1. The zero-order valence-electron chi connectivity index (χ0n) is 7.79. The summed E-state index contributed by atoms with van der Waals surface area (Å²) in [7, 11) is 0. The maximum atomic E-state index is 11.4. The summed E-state index contributed by atoms with van der Waals surface area (Å²) in [5.41, 5.74) is 5.33. The van der Waals surface area contributed by atoms with E-state index in [4.69, 9.17) is 5.73 Å². The lowest BCUT2D eigenvalue weighted by atomic mass is 10.2. The molecule has 0 aromatic heterocycles. The van der Waals surface area contributed by atoms with Crippen LogP contribution in [-0.4, -0.2) is 29.8 Å². The standard InChI is InChI=1S/C9H16N2O2/c10-6-3-7-11-8(12)4-1-2-5-9(11)13/h1-7,10H2. The Labute approximate surface area is 78.1 Å². The molecule has 4 heteroatoms. The van der Waals surface area contributed by atoms with E-state index in [0.29, 0.717) is 32.4 Å². The molecule has 0 radical (unpaired) electrons. The molecule has 1 saturated heterocycles. The van der Waals surface area contributed by atoms with Gasteiger partial charge in [-0.3, -0.25) is 14.5 Å². The van der Waals surface area contributed by atoms with Crippen LogP contribution in [0.15, 0.2) is 0 Å². The normalized spacial score (nSPS) is 19.0. The van der Waals surface area contributed by atoms with Crippen LogP contribution in [0.1, 0.15) is 32.1 Å². The van der Waals surface area contributed by atoms with Crippen molar-refractivity contribution in [3.63, 3.8) is 0 Å². The summed E-state index contributed by atoms with van der Waals surface area (Å²) in [5.74, 6) is -0.0631. The van der Waals surface area contributed by atoms with Crippen LogP contribution in [0, 0.1) is 0 Å². The van der Waals surface area contributed by atoms with Crippen molar-refractivity contribution in [1.29, 1.82) is 0 Å². The predicted octanol–water partition coefficient (Wildman–Crippen LogP) is 0.264. The van der Waals surface area contributed by atoms with Crippen molar-refractivity contribution in [2.45, 2.75) is 32.1 Å². The van der Waals surface area contributed by atoms with Crippen molar-refractivity contribution < 1.29 is 9.59 Å². The van der Waals surface area contributed by atoms with Crippen molar-refractivity contribution in [2.24, 2.45) is 5.73 Å². The number of amides is 2. The van der Waals surface area contributed by atoms with Crippen molar-refractivity contribution in [3.05, 3.63) is 0 Å². The molecule has 0 atom stereocenters. The minimum Gasteiger partial charge on any atom is -0.330 e. The fourth-order valence-electron chi connectivity index (χ4n) is 1.46. The molecule has 0 aromatic rings. The average Bonchev–Trinajstić information content (AvgIpc) is 2.26. The molecular formula is C9H16N2O2. The molecule has 2 N–H and O–H groups in total. The second kappa shape index (κ2) is 4.97. The first-order valence-corrected chi connectivity index (χ1v) is 4.79. The third-order valence-corrected chi connectivity index (χ3v) is 2.22. The van der Waals surface area contributed by atoms with Gasteiger partial charge in [0.1, 0.15) is 0 Å². The van der Waals surface area contributed by atoms with Gasteiger partial charge in [0.05, 0.1) is 0 Å². The van der Waals surface area contributed by atoms with Crippen molar-refractivity contribution in [1.82, 2.24) is 4.90 Å². The summed E-state index contributed by atoms with van der Waals surface area (Å²) in [6.45, 7) is 1.02. The molecule has 2 amide bonds. The number of imide groups is 1. The molecule has 1 aliphatic rings. The van der Waals surface area contributed by atoms with E-state index in [2.05, 4.69) is 0 Å². The number of carbonyl (C=O) groups excluding carboxylic acids is 2. The second-order valence-corrected chi connectivity index (χ2v) is 3.29. The van der Waals surface area contributed by atoms with Crippen LogP contribution in [0.4, 0.5) is 0 Å². The van der Waals surface area contributed by atoms with Crippen molar-refractivity contribution >= 4 is 11.8 Å². The van der Waals surface area contributed by atoms with Gasteiger partial charge in [0.15, 0.2) is 0 Å². The molecular weight excluding hydrogens is 168 g/mol. The molecule has 0 aromatic carbocycles. The Balaban J connectivity index is 2.53. The number of nitrogens with two attached hydrogens (primary N) is 1. The largest absolute Gasteiger partial charge is 0.330 e. The van der Waals surface area contributed by atoms with E-state index in [9.17, 15) is 9.59 Å².